The van der Waals surface area contributed by atoms with Gasteiger partial charge >= 0.3 is 6.16 Å². The van der Waals surface area contributed by atoms with Gasteiger partial charge in [0.05, 0.1) is 0 Å². The second kappa shape index (κ2) is 8.55. The van der Waals surface area contributed by atoms with Crippen LogP contribution in [0.2, 0.25) is 0 Å². The Bertz CT molecular complexity index is 1500. The quantitative estimate of drug-likeness (QED) is 0.495. The maximum absolute atomic E-state index is 13.7. The first-order valence-electron chi connectivity index (χ1n) is 16.6. The highest BCUT2D eigenvalue weighted by molar-refractivity contribution is 5.64. The lowest BCUT2D eigenvalue weighted by atomic mass is 9.51. The fourth-order valence-electron chi connectivity index (χ4n) is 11.9. The standard InChI is InChI=1S/C35H40N2O7/c1-36-13-11-34-19-5-9-25(31(34)43-29-23(38)7-3-17(27(29)34)15-21(19)36)41-33(40)42-26-10-6-20-22-16-18-4-8-24(39)30-28(18)35(20,32(26)44-30)12-14-37(22)2/h3-4,7-8,19-22,25-26,31-32,38-39H,5-6,9-16H2,1-2H3/t19-,20-,21+,22?,25-,26-,31-,32-,34-,35-/m0/s1. The topological polar surface area (TPSA) is 101 Å². The van der Waals surface area contributed by atoms with Crippen LogP contribution in [0.25, 0.3) is 0 Å². The predicted molar refractivity (Wildman–Crippen MR) is 158 cm³/mol. The van der Waals surface area contributed by atoms with Crippen LogP contribution in [-0.4, -0.2) is 89.9 Å². The normalized spacial score (nSPS) is 42.0. The number of hydrogen-bond donors (Lipinski definition) is 2. The summed E-state index contributed by atoms with van der Waals surface area (Å²) in [7, 11) is 4.43. The van der Waals surface area contributed by atoms with Gasteiger partial charge in [-0.1, -0.05) is 12.1 Å². The Hall–Kier alpha value is -3.17. The number of ether oxygens (including phenoxy) is 4. The molecule has 9 nitrogen and oxygen atoms in total. The Morgan fingerprint density at radius 3 is 1.66 bits per heavy atom. The highest BCUT2D eigenvalue weighted by Crippen LogP contribution is 2.65. The molecule has 4 bridgehead atoms. The predicted octanol–water partition coefficient (Wildman–Crippen LogP) is 4.03. The van der Waals surface area contributed by atoms with Crippen molar-refractivity contribution in [3.05, 3.63) is 46.5 Å². The van der Waals surface area contributed by atoms with E-state index in [4.69, 9.17) is 18.9 Å². The molecule has 0 radical (unpaired) electrons. The van der Waals surface area contributed by atoms with Gasteiger partial charge in [-0.15, -0.1) is 0 Å². The molecule has 4 aliphatic heterocycles. The Kier molecular flexibility index (Phi) is 5.07. The summed E-state index contributed by atoms with van der Waals surface area (Å²) in [5, 5.41) is 21.7. The smallest absolute Gasteiger partial charge is 0.504 e. The molecule has 2 saturated carbocycles. The highest BCUT2D eigenvalue weighted by Gasteiger charge is 2.68. The zero-order valence-electron chi connectivity index (χ0n) is 25.3. The number of rotatable bonds is 2. The molecule has 4 aliphatic carbocycles. The molecular formula is C35H40N2O7. The van der Waals surface area contributed by atoms with Crippen LogP contribution in [-0.2, 0) is 33.1 Å². The minimum Gasteiger partial charge on any atom is -0.504 e. The van der Waals surface area contributed by atoms with E-state index >= 15 is 0 Å². The Labute approximate surface area is 257 Å². The SMILES string of the molecule is CN1CC[C@]23c4c5ccc(O)c4O[C@H]2[C@@H](OC(=O)O[C@H]2CC[C@H]4[C@H]6Cc7ccc(O)c8c7[C@@]4(CCN6C)[C@H]2O8)CC[C@H]3C1C5. The van der Waals surface area contributed by atoms with Crippen molar-refractivity contribution in [1.29, 1.82) is 0 Å². The average Bonchev–Trinajstić information content (AvgIpc) is 3.55. The fraction of sp³-hybridized carbons (Fsp3) is 0.629. The number of carbonyl (C=O) groups is 1. The third-order valence-corrected chi connectivity index (χ3v) is 13.6. The van der Waals surface area contributed by atoms with Gasteiger partial charge in [-0.05, 0) is 114 Å². The molecule has 10 rings (SSSR count). The monoisotopic (exact) mass is 600 g/mol. The third kappa shape index (κ3) is 2.97. The lowest BCUT2D eigenvalue weighted by molar-refractivity contribution is -0.136. The van der Waals surface area contributed by atoms with E-state index in [1.165, 1.54) is 11.1 Å². The molecule has 4 heterocycles. The highest BCUT2D eigenvalue weighted by atomic mass is 16.7. The minimum atomic E-state index is -0.668. The number of likely N-dealkylation sites (N-methyl/N-ethyl adjacent to an activating group) is 2. The molecule has 2 aromatic carbocycles. The van der Waals surface area contributed by atoms with Gasteiger partial charge in [0.15, 0.2) is 23.0 Å². The van der Waals surface area contributed by atoms with Gasteiger partial charge in [0.25, 0.3) is 0 Å². The van der Waals surface area contributed by atoms with Crippen LogP contribution in [0.5, 0.6) is 23.0 Å². The van der Waals surface area contributed by atoms with Crippen molar-refractivity contribution in [2.24, 2.45) is 11.8 Å². The van der Waals surface area contributed by atoms with Gasteiger partial charge in [-0.3, -0.25) is 0 Å². The van der Waals surface area contributed by atoms with Crippen LogP contribution in [0.3, 0.4) is 0 Å². The number of likely N-dealkylation sites (tertiary alicyclic amines) is 2. The molecule has 10 atom stereocenters. The van der Waals surface area contributed by atoms with E-state index in [0.717, 1.165) is 62.7 Å². The molecule has 0 aromatic heterocycles. The molecule has 4 fully saturated rings. The van der Waals surface area contributed by atoms with Crippen LogP contribution in [0, 0.1) is 11.8 Å². The van der Waals surface area contributed by atoms with Gasteiger partial charge in [0.1, 0.15) is 24.4 Å². The summed E-state index contributed by atoms with van der Waals surface area (Å²) in [5.41, 5.74) is 4.26. The van der Waals surface area contributed by atoms with E-state index in [1.807, 2.05) is 0 Å². The molecule has 2 spiro atoms. The number of piperidine rings is 2. The van der Waals surface area contributed by atoms with Crippen molar-refractivity contribution < 1.29 is 34.0 Å². The largest absolute Gasteiger partial charge is 0.509 e. The van der Waals surface area contributed by atoms with Crippen molar-refractivity contribution in [2.75, 3.05) is 27.2 Å². The summed E-state index contributed by atoms with van der Waals surface area (Å²) < 4.78 is 25.7. The summed E-state index contributed by atoms with van der Waals surface area (Å²) in [6, 6.07) is 8.44. The number of phenolic OH excluding ortho intramolecular Hbond substituents is 2. The van der Waals surface area contributed by atoms with Crippen LogP contribution in [0.1, 0.15) is 60.8 Å². The molecule has 1 unspecified atom stereocenters. The maximum Gasteiger partial charge on any atom is 0.509 e. The molecule has 44 heavy (non-hydrogen) atoms. The third-order valence-electron chi connectivity index (χ3n) is 13.6. The Morgan fingerprint density at radius 1 is 0.750 bits per heavy atom. The van der Waals surface area contributed by atoms with E-state index in [1.54, 1.807) is 12.1 Å². The van der Waals surface area contributed by atoms with Gasteiger partial charge in [0.2, 0.25) is 0 Å². The summed E-state index contributed by atoms with van der Waals surface area (Å²) >= 11 is 0. The molecule has 0 amide bonds. The number of carbonyl (C=O) groups excluding carboxylic acids is 1. The van der Waals surface area contributed by atoms with Crippen molar-refractivity contribution in [3.63, 3.8) is 0 Å². The van der Waals surface area contributed by atoms with E-state index in [9.17, 15) is 15.0 Å². The molecule has 8 aliphatic rings. The number of hydrogen-bond acceptors (Lipinski definition) is 9. The summed E-state index contributed by atoms with van der Waals surface area (Å²) in [4.78, 5) is 18.7. The van der Waals surface area contributed by atoms with Crippen LogP contribution >= 0.6 is 0 Å². The lowest BCUT2D eigenvalue weighted by Crippen LogP contribution is -2.67. The first-order chi connectivity index (χ1) is 21.3. The van der Waals surface area contributed by atoms with E-state index in [-0.39, 0.29) is 34.5 Å². The van der Waals surface area contributed by atoms with E-state index < -0.39 is 18.4 Å². The molecule has 9 heteroatoms. The van der Waals surface area contributed by atoms with Gasteiger partial charge in [-0.2, -0.15) is 0 Å². The first-order valence-corrected chi connectivity index (χ1v) is 16.6. The second-order valence-corrected chi connectivity index (χ2v) is 15.0. The molecular weight excluding hydrogens is 560 g/mol. The second-order valence-electron chi connectivity index (χ2n) is 15.0. The Balaban J connectivity index is 0.947. The summed E-state index contributed by atoms with van der Waals surface area (Å²) in [5.74, 6) is 2.30. The summed E-state index contributed by atoms with van der Waals surface area (Å²) in [6.07, 6.45) is 4.73. The maximum atomic E-state index is 13.7. The van der Waals surface area contributed by atoms with Crippen molar-refractivity contribution >= 4 is 6.16 Å². The van der Waals surface area contributed by atoms with Gasteiger partial charge < -0.3 is 39.0 Å². The van der Waals surface area contributed by atoms with Crippen molar-refractivity contribution in [2.45, 2.75) is 98.7 Å². The molecule has 2 saturated heterocycles. The Morgan fingerprint density at radius 2 is 1.20 bits per heavy atom. The van der Waals surface area contributed by atoms with Crippen LogP contribution < -0.4 is 9.47 Å². The first kappa shape index (κ1) is 26.1. The number of phenols is 2. The number of benzene rings is 2. The van der Waals surface area contributed by atoms with Crippen LogP contribution in [0.4, 0.5) is 4.79 Å². The minimum absolute atomic E-state index is 0.172. The van der Waals surface area contributed by atoms with E-state index in [2.05, 4.69) is 36.0 Å². The summed E-state index contributed by atoms with van der Waals surface area (Å²) in [6.45, 7) is 1.89. The molecule has 232 valence electrons. The van der Waals surface area contributed by atoms with Gasteiger partial charge in [-0.25, -0.2) is 4.79 Å². The lowest BCUT2D eigenvalue weighted by Gasteiger charge is -2.59. The zero-order valence-corrected chi connectivity index (χ0v) is 25.3. The average molecular weight is 601 g/mol. The zero-order chi connectivity index (χ0) is 29.7. The van der Waals surface area contributed by atoms with Crippen LogP contribution in [0.15, 0.2) is 24.3 Å². The molecule has 2 aromatic rings. The van der Waals surface area contributed by atoms with E-state index in [0.29, 0.717) is 48.3 Å². The van der Waals surface area contributed by atoms with Crippen molar-refractivity contribution in [1.82, 2.24) is 9.80 Å². The fourth-order valence-corrected chi connectivity index (χ4v) is 11.9. The molecule has 2 N–H and O–H groups in total. The van der Waals surface area contributed by atoms with Gasteiger partial charge in [0, 0.05) is 34.0 Å². The number of aromatic hydroxyl groups is 2. The van der Waals surface area contributed by atoms with Crippen molar-refractivity contribution in [3.8, 4) is 23.0 Å². The number of nitrogens with zero attached hydrogens (tertiary/aromatic N) is 2.